The lowest BCUT2D eigenvalue weighted by atomic mass is 9.79. The molecule has 2 aliphatic rings. The minimum absolute atomic E-state index is 0.0800. The van der Waals surface area contributed by atoms with Crippen molar-refractivity contribution in [2.24, 2.45) is 23.7 Å². The summed E-state index contributed by atoms with van der Waals surface area (Å²) in [7, 11) is 0. The number of esters is 2. The Morgan fingerprint density at radius 1 is 1.09 bits per heavy atom. The minimum atomic E-state index is -2.11. The van der Waals surface area contributed by atoms with Gasteiger partial charge in [-0.2, -0.15) is 0 Å². The van der Waals surface area contributed by atoms with Gasteiger partial charge in [-0.3, -0.25) is 19.8 Å². The van der Waals surface area contributed by atoms with Crippen molar-refractivity contribution in [2.45, 2.75) is 128 Å². The van der Waals surface area contributed by atoms with E-state index in [1.807, 2.05) is 41.5 Å². The fraction of sp³-hybridized carbons (Fsp3) is 0.862. The predicted molar refractivity (Wildman–Crippen MR) is 162 cm³/mol. The third-order valence-corrected chi connectivity index (χ3v) is 8.72. The first-order valence-electron chi connectivity index (χ1n) is 14.8. The maximum Gasteiger partial charge on any atom is 0.302 e. The van der Waals surface area contributed by atoms with Gasteiger partial charge >= 0.3 is 11.9 Å². The summed E-state index contributed by atoms with van der Waals surface area (Å²) in [6.07, 6.45) is -2.01. The second-order valence-corrected chi connectivity index (χ2v) is 14.1. The number of halogens is 3. The summed E-state index contributed by atoms with van der Waals surface area (Å²) in [5.74, 6) is -3.93. The summed E-state index contributed by atoms with van der Waals surface area (Å²) < 4.78 is 34.0. The Kier molecular flexibility index (Phi) is 13.9. The molecule has 11 nitrogen and oxygen atoms in total. The third-order valence-electron chi connectivity index (χ3n) is 8.21. The van der Waals surface area contributed by atoms with E-state index in [0.29, 0.717) is 19.3 Å². The van der Waals surface area contributed by atoms with E-state index < -0.39 is 64.0 Å². The molecule has 2 rings (SSSR count). The van der Waals surface area contributed by atoms with Gasteiger partial charge in [-0.05, 0) is 19.3 Å². The summed E-state index contributed by atoms with van der Waals surface area (Å²) in [5, 5.41) is 11.2. The number of nitrogens with one attached hydrogen (secondary N) is 2. The molecule has 2 saturated heterocycles. The van der Waals surface area contributed by atoms with Crippen molar-refractivity contribution in [1.82, 2.24) is 5.32 Å². The monoisotopic (exact) mass is 672 g/mol. The molecule has 0 aromatic heterocycles. The highest BCUT2D eigenvalue weighted by Gasteiger charge is 2.52. The summed E-state index contributed by atoms with van der Waals surface area (Å²) in [4.78, 5) is 36.0. The van der Waals surface area contributed by atoms with Crippen LogP contribution in [0.15, 0.2) is 0 Å². The molecule has 0 spiro atoms. The van der Waals surface area contributed by atoms with Gasteiger partial charge in [0.25, 0.3) is 3.79 Å². The first-order chi connectivity index (χ1) is 19.8. The molecule has 0 radical (unpaired) electrons. The quantitative estimate of drug-likeness (QED) is 0.129. The molecular weight excluding hydrogens is 627 g/mol. The van der Waals surface area contributed by atoms with E-state index in [0.717, 1.165) is 0 Å². The molecule has 2 heterocycles. The van der Waals surface area contributed by atoms with Crippen LogP contribution >= 0.6 is 34.8 Å². The molecule has 0 saturated carbocycles. The lowest BCUT2D eigenvalue weighted by Crippen LogP contribution is -2.63. The number of ether oxygens (including phenoxy) is 6. The highest BCUT2D eigenvalue weighted by Crippen LogP contribution is 2.43. The van der Waals surface area contributed by atoms with Crippen LogP contribution in [-0.2, 0) is 42.8 Å². The second-order valence-electron chi connectivity index (χ2n) is 11.9. The number of rotatable bonds is 11. The zero-order valence-electron chi connectivity index (χ0n) is 26.4. The standard InChI is InChI=1S/C29H47Cl3N2O9/c1-10-20(39-19(8)36)15(4)25-23(34-22(37)11-2)14(3)12-28(9,43-25)42-24-16(5)21(13-38-18(7)35)40-26(17(24)6)41-27(33)29(30,31)32/h14-17,20-21,23-26,33H,10-13H2,1-9H3,(H,34,37)/t14-,15-,16+,17+,20-,21?,23-,24?,25?,26+,28+/m1/s1. The van der Waals surface area contributed by atoms with E-state index in [2.05, 4.69) is 5.32 Å². The van der Waals surface area contributed by atoms with Gasteiger partial charge in [-0.1, -0.05) is 76.3 Å². The van der Waals surface area contributed by atoms with Crippen molar-refractivity contribution in [3.05, 3.63) is 0 Å². The molecule has 248 valence electrons. The van der Waals surface area contributed by atoms with Crippen LogP contribution in [0.2, 0.25) is 0 Å². The molecule has 2 N–H and O–H groups in total. The van der Waals surface area contributed by atoms with E-state index >= 15 is 0 Å². The van der Waals surface area contributed by atoms with Crippen molar-refractivity contribution in [3.63, 3.8) is 0 Å². The summed E-state index contributed by atoms with van der Waals surface area (Å²) >= 11 is 17.6. The topological polar surface area (TPSA) is 142 Å². The van der Waals surface area contributed by atoms with Gasteiger partial charge in [0.1, 0.15) is 18.8 Å². The van der Waals surface area contributed by atoms with Gasteiger partial charge in [-0.15, -0.1) is 0 Å². The van der Waals surface area contributed by atoms with Crippen molar-refractivity contribution in [1.29, 1.82) is 5.41 Å². The molecule has 2 aliphatic heterocycles. The largest absolute Gasteiger partial charge is 0.463 e. The summed E-state index contributed by atoms with van der Waals surface area (Å²) in [5.41, 5.74) is 0. The number of hydrogen-bond acceptors (Lipinski definition) is 10. The molecule has 14 heteroatoms. The second kappa shape index (κ2) is 15.8. The number of amides is 1. The lowest BCUT2D eigenvalue weighted by Gasteiger charge is -2.52. The van der Waals surface area contributed by atoms with Gasteiger partial charge in [0, 0.05) is 44.4 Å². The number of hydrogen-bond donors (Lipinski definition) is 2. The van der Waals surface area contributed by atoms with Crippen molar-refractivity contribution in [3.8, 4) is 0 Å². The normalized spacial score (nSPS) is 34.4. The van der Waals surface area contributed by atoms with Crippen LogP contribution in [-0.4, -0.2) is 76.7 Å². The number of alkyl halides is 3. The van der Waals surface area contributed by atoms with Crippen LogP contribution in [0.5, 0.6) is 0 Å². The van der Waals surface area contributed by atoms with Gasteiger partial charge in [-0.25, -0.2) is 0 Å². The Morgan fingerprint density at radius 3 is 2.23 bits per heavy atom. The Morgan fingerprint density at radius 2 is 1.72 bits per heavy atom. The van der Waals surface area contributed by atoms with Gasteiger partial charge < -0.3 is 33.7 Å². The maximum atomic E-state index is 12.5. The minimum Gasteiger partial charge on any atom is -0.463 e. The fourth-order valence-electron chi connectivity index (χ4n) is 5.93. The smallest absolute Gasteiger partial charge is 0.302 e. The van der Waals surface area contributed by atoms with Crippen molar-refractivity contribution < 1.29 is 42.8 Å². The molecule has 2 fully saturated rings. The first-order valence-corrected chi connectivity index (χ1v) is 15.9. The summed E-state index contributed by atoms with van der Waals surface area (Å²) in [6, 6.07) is -0.356. The van der Waals surface area contributed by atoms with Gasteiger partial charge in [0.2, 0.25) is 18.1 Å². The third kappa shape index (κ3) is 10.3. The number of carbonyl (C=O) groups is 3. The Bertz CT molecular complexity index is 997. The van der Waals surface area contributed by atoms with E-state index in [9.17, 15) is 14.4 Å². The zero-order chi connectivity index (χ0) is 32.9. The van der Waals surface area contributed by atoms with Gasteiger partial charge in [0.15, 0.2) is 5.79 Å². The average Bonchev–Trinajstić information content (AvgIpc) is 2.90. The molecule has 0 aromatic rings. The summed E-state index contributed by atoms with van der Waals surface area (Å²) in [6.45, 7) is 15.8. The average molecular weight is 674 g/mol. The molecule has 0 aromatic carbocycles. The van der Waals surface area contributed by atoms with E-state index in [-0.39, 0.29) is 36.3 Å². The zero-order valence-corrected chi connectivity index (χ0v) is 28.7. The van der Waals surface area contributed by atoms with E-state index in [1.54, 1.807) is 6.92 Å². The number of carbonyl (C=O) groups excluding carboxylic acids is 3. The lowest BCUT2D eigenvalue weighted by molar-refractivity contribution is -0.347. The highest BCUT2D eigenvalue weighted by molar-refractivity contribution is 6.76. The van der Waals surface area contributed by atoms with Gasteiger partial charge in [0.05, 0.1) is 18.2 Å². The SMILES string of the molecule is CCC(=O)N[C@H]1C([C@H](C)[C@@H](CC)OC(C)=O)O[C@](C)(OC2[C@@H](C)C(COC(C)=O)O[C@@H](OC(=N)C(Cl)(Cl)Cl)[C@H]2C)C[C@H]1C. The van der Waals surface area contributed by atoms with Crippen LogP contribution in [0.25, 0.3) is 0 Å². The fourth-order valence-corrected chi connectivity index (χ4v) is 6.06. The Hall–Kier alpha value is -1.37. The van der Waals surface area contributed by atoms with Crippen molar-refractivity contribution >= 4 is 58.5 Å². The molecule has 43 heavy (non-hydrogen) atoms. The first kappa shape index (κ1) is 37.8. The molecule has 3 unspecified atom stereocenters. The van der Waals surface area contributed by atoms with E-state index in [4.69, 9.17) is 68.6 Å². The molecular formula is C29H47Cl3N2O9. The van der Waals surface area contributed by atoms with Crippen LogP contribution in [0, 0.1) is 29.1 Å². The molecule has 1 amide bonds. The maximum absolute atomic E-state index is 12.5. The van der Waals surface area contributed by atoms with Crippen LogP contribution in [0.3, 0.4) is 0 Å². The predicted octanol–water partition coefficient (Wildman–Crippen LogP) is 5.31. The van der Waals surface area contributed by atoms with Crippen LogP contribution in [0.1, 0.15) is 81.6 Å². The Labute approximate surface area is 269 Å². The van der Waals surface area contributed by atoms with Crippen LogP contribution < -0.4 is 5.32 Å². The molecule has 0 aliphatic carbocycles. The molecule has 0 bridgehead atoms. The van der Waals surface area contributed by atoms with Crippen LogP contribution in [0.4, 0.5) is 0 Å². The van der Waals surface area contributed by atoms with E-state index in [1.165, 1.54) is 13.8 Å². The molecule has 11 atom stereocenters. The Balaban J connectivity index is 2.43. The van der Waals surface area contributed by atoms with Crippen molar-refractivity contribution in [2.75, 3.05) is 6.61 Å². The highest BCUT2D eigenvalue weighted by atomic mass is 35.6.